The van der Waals surface area contributed by atoms with Crippen molar-refractivity contribution in [3.63, 3.8) is 0 Å². The quantitative estimate of drug-likeness (QED) is 0.586. The summed E-state index contributed by atoms with van der Waals surface area (Å²) in [6, 6.07) is 5.61. The summed E-state index contributed by atoms with van der Waals surface area (Å²) in [5.41, 5.74) is 0. The lowest BCUT2D eigenvalue weighted by Gasteiger charge is -2.14. The highest BCUT2D eigenvalue weighted by Crippen LogP contribution is 2.19. The van der Waals surface area contributed by atoms with Crippen LogP contribution in [0, 0.1) is 0 Å². The van der Waals surface area contributed by atoms with Crippen molar-refractivity contribution in [3.8, 4) is 5.75 Å². The number of amides is 1. The van der Waals surface area contributed by atoms with Gasteiger partial charge in [0.2, 0.25) is 0 Å². The molecule has 1 aromatic rings. The molecule has 0 aliphatic rings. The monoisotopic (exact) mass is 333 g/mol. The lowest BCUT2D eigenvalue weighted by atomic mass is 10.2. The minimum absolute atomic E-state index is 0.00631. The van der Waals surface area contributed by atoms with E-state index in [1.54, 1.807) is 6.92 Å². The van der Waals surface area contributed by atoms with E-state index >= 15 is 0 Å². The van der Waals surface area contributed by atoms with Gasteiger partial charge in [-0.2, -0.15) is 0 Å². The third-order valence-electron chi connectivity index (χ3n) is 2.87. The highest BCUT2D eigenvalue weighted by atomic mass is 35.7. The van der Waals surface area contributed by atoms with Crippen molar-refractivity contribution >= 4 is 25.6 Å². The van der Waals surface area contributed by atoms with Crippen molar-refractivity contribution in [3.05, 3.63) is 24.3 Å². The first kappa shape index (κ1) is 17.8. The minimum atomic E-state index is -3.74. The number of hydrogen-bond donors (Lipinski definition) is 1. The van der Waals surface area contributed by atoms with E-state index in [4.69, 9.17) is 15.4 Å². The molecular formula is C14H20ClNO4S. The van der Waals surface area contributed by atoms with E-state index in [0.717, 1.165) is 19.3 Å². The molecule has 1 unspecified atom stereocenters. The standard InChI is InChI=1S/C14H20ClNO4S/c1-3-4-5-10-16-14(17)11(2)20-12-6-8-13(9-7-12)21(15,18)19/h6-9,11H,3-5,10H2,1-2H3,(H,16,17). The number of carbonyl (C=O) groups is 1. The number of unbranched alkanes of at least 4 members (excludes halogenated alkanes) is 2. The van der Waals surface area contributed by atoms with Crippen molar-refractivity contribution in [2.75, 3.05) is 6.54 Å². The van der Waals surface area contributed by atoms with Gasteiger partial charge in [-0.1, -0.05) is 19.8 Å². The molecule has 0 radical (unpaired) electrons. The smallest absolute Gasteiger partial charge is 0.261 e. The summed E-state index contributed by atoms with van der Waals surface area (Å²) >= 11 is 0. The van der Waals surface area contributed by atoms with E-state index in [0.29, 0.717) is 12.3 Å². The Bertz CT molecular complexity index is 557. The van der Waals surface area contributed by atoms with Gasteiger partial charge in [0, 0.05) is 17.2 Å². The van der Waals surface area contributed by atoms with Gasteiger partial charge in [-0.3, -0.25) is 4.79 Å². The maximum Gasteiger partial charge on any atom is 0.261 e. The fraction of sp³-hybridized carbons (Fsp3) is 0.500. The van der Waals surface area contributed by atoms with Crippen LogP contribution in [0.5, 0.6) is 5.75 Å². The zero-order valence-corrected chi connectivity index (χ0v) is 13.7. The van der Waals surface area contributed by atoms with Gasteiger partial charge in [0.15, 0.2) is 6.10 Å². The molecule has 0 aliphatic heterocycles. The number of halogens is 1. The fourth-order valence-electron chi connectivity index (χ4n) is 1.67. The lowest BCUT2D eigenvalue weighted by molar-refractivity contribution is -0.127. The molecule has 1 atom stereocenters. The van der Waals surface area contributed by atoms with Gasteiger partial charge in [-0.15, -0.1) is 0 Å². The molecule has 0 aromatic heterocycles. The van der Waals surface area contributed by atoms with Crippen LogP contribution < -0.4 is 10.1 Å². The first-order valence-electron chi connectivity index (χ1n) is 6.83. The predicted octanol–water partition coefficient (Wildman–Crippen LogP) is 2.69. The highest BCUT2D eigenvalue weighted by molar-refractivity contribution is 8.13. The SMILES string of the molecule is CCCCCNC(=O)C(C)Oc1ccc(S(=O)(=O)Cl)cc1. The number of rotatable bonds is 8. The maximum absolute atomic E-state index is 11.8. The molecule has 118 valence electrons. The number of benzene rings is 1. The largest absolute Gasteiger partial charge is 0.481 e. The van der Waals surface area contributed by atoms with Crippen molar-refractivity contribution in [2.45, 2.75) is 44.1 Å². The predicted molar refractivity (Wildman–Crippen MR) is 82.1 cm³/mol. The van der Waals surface area contributed by atoms with Crippen molar-refractivity contribution in [1.29, 1.82) is 0 Å². The molecule has 0 aliphatic carbocycles. The molecule has 5 nitrogen and oxygen atoms in total. The van der Waals surface area contributed by atoms with Gasteiger partial charge >= 0.3 is 0 Å². The summed E-state index contributed by atoms with van der Waals surface area (Å²) in [5.74, 6) is 0.218. The molecule has 1 amide bonds. The number of ether oxygens (including phenoxy) is 1. The molecule has 7 heteroatoms. The van der Waals surface area contributed by atoms with Gasteiger partial charge in [-0.25, -0.2) is 8.42 Å². The highest BCUT2D eigenvalue weighted by Gasteiger charge is 2.15. The van der Waals surface area contributed by atoms with Crippen LogP contribution >= 0.6 is 10.7 Å². The number of hydrogen-bond acceptors (Lipinski definition) is 4. The van der Waals surface area contributed by atoms with E-state index in [9.17, 15) is 13.2 Å². The van der Waals surface area contributed by atoms with Crippen molar-refractivity contribution in [1.82, 2.24) is 5.32 Å². The van der Waals surface area contributed by atoms with Crippen LogP contribution in [0.1, 0.15) is 33.1 Å². The Morgan fingerprint density at radius 3 is 2.43 bits per heavy atom. The third kappa shape index (κ3) is 6.35. The maximum atomic E-state index is 11.8. The molecule has 0 saturated carbocycles. The summed E-state index contributed by atoms with van der Waals surface area (Å²) < 4.78 is 27.7. The van der Waals surface area contributed by atoms with Gasteiger partial charge in [0.1, 0.15) is 5.75 Å². The number of nitrogens with one attached hydrogen (secondary N) is 1. The van der Waals surface area contributed by atoms with Gasteiger partial charge < -0.3 is 10.1 Å². The minimum Gasteiger partial charge on any atom is -0.481 e. The Morgan fingerprint density at radius 2 is 1.90 bits per heavy atom. The molecule has 0 fully saturated rings. The Kier molecular flexibility index (Phi) is 6.98. The molecular weight excluding hydrogens is 314 g/mol. The van der Waals surface area contributed by atoms with Crippen molar-refractivity contribution < 1.29 is 17.9 Å². The number of carbonyl (C=O) groups excluding carboxylic acids is 1. The van der Waals surface area contributed by atoms with Crippen LogP contribution in [0.15, 0.2) is 29.2 Å². The first-order chi connectivity index (χ1) is 9.84. The van der Waals surface area contributed by atoms with E-state index in [2.05, 4.69) is 12.2 Å². The summed E-state index contributed by atoms with van der Waals surface area (Å²) in [4.78, 5) is 11.8. The second-order valence-electron chi connectivity index (χ2n) is 4.67. The summed E-state index contributed by atoms with van der Waals surface area (Å²) in [5, 5.41) is 2.79. The molecule has 0 saturated heterocycles. The molecule has 0 spiro atoms. The fourth-order valence-corrected chi connectivity index (χ4v) is 2.44. The summed E-state index contributed by atoms with van der Waals surface area (Å²) in [6.07, 6.45) is 2.46. The van der Waals surface area contributed by atoms with Crippen LogP contribution in [0.4, 0.5) is 0 Å². The Balaban J connectivity index is 2.50. The zero-order chi connectivity index (χ0) is 15.9. The Morgan fingerprint density at radius 1 is 1.29 bits per heavy atom. The van der Waals surface area contributed by atoms with Crippen LogP contribution in [-0.4, -0.2) is 27.0 Å². The second kappa shape index (κ2) is 8.24. The van der Waals surface area contributed by atoms with Gasteiger partial charge in [-0.05, 0) is 37.6 Å². The molecule has 0 bridgehead atoms. The lowest BCUT2D eigenvalue weighted by Crippen LogP contribution is -2.36. The second-order valence-corrected chi connectivity index (χ2v) is 7.23. The van der Waals surface area contributed by atoms with E-state index in [-0.39, 0.29) is 10.8 Å². The van der Waals surface area contributed by atoms with E-state index < -0.39 is 15.2 Å². The van der Waals surface area contributed by atoms with Gasteiger partial charge in [0.05, 0.1) is 4.90 Å². The molecule has 0 heterocycles. The Hall–Kier alpha value is -1.27. The Labute approximate surface area is 130 Å². The van der Waals surface area contributed by atoms with Crippen LogP contribution in [0.2, 0.25) is 0 Å². The first-order valence-corrected chi connectivity index (χ1v) is 9.14. The topological polar surface area (TPSA) is 72.5 Å². The molecule has 1 aromatic carbocycles. The van der Waals surface area contributed by atoms with E-state index in [1.165, 1.54) is 24.3 Å². The van der Waals surface area contributed by atoms with Crippen LogP contribution in [0.25, 0.3) is 0 Å². The summed E-state index contributed by atoms with van der Waals surface area (Å²) in [6.45, 7) is 4.36. The zero-order valence-electron chi connectivity index (χ0n) is 12.1. The van der Waals surface area contributed by atoms with E-state index in [1.807, 2.05) is 0 Å². The summed E-state index contributed by atoms with van der Waals surface area (Å²) in [7, 11) is 1.47. The van der Waals surface area contributed by atoms with Crippen LogP contribution in [-0.2, 0) is 13.8 Å². The molecule has 1 rings (SSSR count). The van der Waals surface area contributed by atoms with Crippen molar-refractivity contribution in [2.24, 2.45) is 0 Å². The third-order valence-corrected chi connectivity index (χ3v) is 4.24. The van der Waals surface area contributed by atoms with Gasteiger partial charge in [0.25, 0.3) is 15.0 Å². The average molecular weight is 334 g/mol. The van der Waals surface area contributed by atoms with Crippen LogP contribution in [0.3, 0.4) is 0 Å². The normalized spacial score (nSPS) is 12.7. The average Bonchev–Trinajstić information content (AvgIpc) is 2.43. The molecule has 21 heavy (non-hydrogen) atoms. The molecule has 1 N–H and O–H groups in total.